The van der Waals surface area contributed by atoms with Crippen LogP contribution in [0.25, 0.3) is 0 Å². The van der Waals surface area contributed by atoms with Crippen LogP contribution in [0.15, 0.2) is 0 Å². The first-order valence-electron chi connectivity index (χ1n) is 3.39. The van der Waals surface area contributed by atoms with Gasteiger partial charge in [0.2, 0.25) is 0 Å². The summed E-state index contributed by atoms with van der Waals surface area (Å²) in [7, 11) is 1.42. The number of thioether (sulfide) groups is 1. The first-order valence-corrected chi connectivity index (χ1v) is 4.44. The molecule has 0 spiro atoms. The van der Waals surface area contributed by atoms with E-state index in [0.29, 0.717) is 11.7 Å². The number of hydrogen-bond donors (Lipinski definition) is 0. The second kappa shape index (κ2) is 5.59. The number of rotatable bonds is 4. The highest BCUT2D eigenvalue weighted by Gasteiger charge is 2.07. The molecule has 0 saturated carbocycles. The molecule has 0 heterocycles. The fraction of sp³-hybridized carbons (Fsp3) is 0.857. The maximum Gasteiger partial charge on any atom is 0.306 e. The predicted octanol–water partition coefficient (Wildman–Crippen LogP) is 1.69. The zero-order valence-corrected chi connectivity index (χ0v) is 7.53. The number of carbonyl (C=O) groups is 1. The van der Waals surface area contributed by atoms with E-state index in [9.17, 15) is 4.79 Å². The van der Waals surface area contributed by atoms with Gasteiger partial charge in [0.05, 0.1) is 13.5 Å². The van der Waals surface area contributed by atoms with Gasteiger partial charge in [0.15, 0.2) is 0 Å². The standard InChI is InChI=1S/C7H14O2S/c1-4-10-6(2)5-7(8)9-3/h6H,4-5H2,1-3H3. The summed E-state index contributed by atoms with van der Waals surface area (Å²) < 4.78 is 4.51. The minimum atomic E-state index is -0.117. The lowest BCUT2D eigenvalue weighted by molar-refractivity contribution is -0.140. The summed E-state index contributed by atoms with van der Waals surface area (Å²) in [6.45, 7) is 4.11. The van der Waals surface area contributed by atoms with Crippen LogP contribution >= 0.6 is 11.8 Å². The molecule has 0 fully saturated rings. The van der Waals surface area contributed by atoms with E-state index in [-0.39, 0.29) is 5.97 Å². The third-order valence-corrected chi connectivity index (χ3v) is 2.20. The lowest BCUT2D eigenvalue weighted by Gasteiger charge is -2.06. The molecule has 0 radical (unpaired) electrons. The Kier molecular flexibility index (Phi) is 5.49. The van der Waals surface area contributed by atoms with Gasteiger partial charge >= 0.3 is 5.97 Å². The van der Waals surface area contributed by atoms with Crippen molar-refractivity contribution < 1.29 is 9.53 Å². The second-order valence-electron chi connectivity index (χ2n) is 2.05. The Labute approximate surface area is 66.3 Å². The molecule has 0 aromatic carbocycles. The highest BCUT2D eigenvalue weighted by Crippen LogP contribution is 2.13. The molecule has 0 aliphatic heterocycles. The molecule has 0 aromatic heterocycles. The molecule has 0 aliphatic rings. The molecule has 0 rings (SSSR count). The normalized spacial score (nSPS) is 12.7. The molecule has 0 N–H and O–H groups in total. The van der Waals surface area contributed by atoms with Gasteiger partial charge in [-0.1, -0.05) is 13.8 Å². The average Bonchev–Trinajstić information content (AvgIpc) is 1.88. The van der Waals surface area contributed by atoms with Gasteiger partial charge in [0.1, 0.15) is 0 Å². The molecule has 10 heavy (non-hydrogen) atoms. The van der Waals surface area contributed by atoms with Gasteiger partial charge in [-0.3, -0.25) is 4.79 Å². The molecule has 0 saturated heterocycles. The molecule has 1 atom stereocenters. The molecular weight excluding hydrogens is 148 g/mol. The summed E-state index contributed by atoms with van der Waals surface area (Å²) >= 11 is 1.77. The van der Waals surface area contributed by atoms with Crippen molar-refractivity contribution in [2.45, 2.75) is 25.5 Å². The fourth-order valence-electron chi connectivity index (χ4n) is 0.661. The average molecular weight is 162 g/mol. The van der Waals surface area contributed by atoms with Gasteiger partial charge in [-0.25, -0.2) is 0 Å². The Morgan fingerprint density at radius 3 is 2.70 bits per heavy atom. The topological polar surface area (TPSA) is 26.3 Å². The van der Waals surface area contributed by atoms with E-state index in [1.807, 2.05) is 6.92 Å². The molecular formula is C7H14O2S. The smallest absolute Gasteiger partial charge is 0.306 e. The summed E-state index contributed by atoms with van der Waals surface area (Å²) in [5, 5.41) is 0.387. The van der Waals surface area contributed by atoms with E-state index in [1.54, 1.807) is 11.8 Å². The maximum atomic E-state index is 10.7. The van der Waals surface area contributed by atoms with Crippen molar-refractivity contribution in [1.29, 1.82) is 0 Å². The van der Waals surface area contributed by atoms with Crippen LogP contribution in [0.1, 0.15) is 20.3 Å². The van der Waals surface area contributed by atoms with Crippen molar-refractivity contribution in [2.75, 3.05) is 12.9 Å². The molecule has 3 heteroatoms. The molecule has 0 aliphatic carbocycles. The van der Waals surface area contributed by atoms with Crippen molar-refractivity contribution in [2.24, 2.45) is 0 Å². The molecule has 0 bridgehead atoms. The fourth-order valence-corrected chi connectivity index (χ4v) is 1.48. The zero-order chi connectivity index (χ0) is 7.98. The van der Waals surface area contributed by atoms with Gasteiger partial charge in [-0.05, 0) is 5.75 Å². The van der Waals surface area contributed by atoms with Crippen molar-refractivity contribution in [3.63, 3.8) is 0 Å². The zero-order valence-electron chi connectivity index (χ0n) is 6.72. The van der Waals surface area contributed by atoms with Gasteiger partial charge < -0.3 is 4.74 Å². The van der Waals surface area contributed by atoms with Gasteiger partial charge in [-0.15, -0.1) is 0 Å². The largest absolute Gasteiger partial charge is 0.469 e. The lowest BCUT2D eigenvalue weighted by Crippen LogP contribution is -2.08. The monoisotopic (exact) mass is 162 g/mol. The summed E-state index contributed by atoms with van der Waals surface area (Å²) in [5.74, 6) is 0.937. The van der Waals surface area contributed by atoms with E-state index in [2.05, 4.69) is 11.7 Å². The SMILES string of the molecule is CCSC(C)CC(=O)OC. The van der Waals surface area contributed by atoms with Crippen LogP contribution < -0.4 is 0 Å². The second-order valence-corrected chi connectivity index (χ2v) is 3.76. The van der Waals surface area contributed by atoms with Crippen molar-refractivity contribution in [3.8, 4) is 0 Å². The summed E-state index contributed by atoms with van der Waals surface area (Å²) in [5.41, 5.74) is 0. The quantitative estimate of drug-likeness (QED) is 0.588. The first-order chi connectivity index (χ1) is 4.70. The van der Waals surface area contributed by atoms with Gasteiger partial charge in [0, 0.05) is 5.25 Å². The van der Waals surface area contributed by atoms with Crippen LogP contribution in [0.4, 0.5) is 0 Å². The number of carbonyl (C=O) groups excluding carboxylic acids is 1. The van der Waals surface area contributed by atoms with Crippen LogP contribution in [0, 0.1) is 0 Å². The van der Waals surface area contributed by atoms with Crippen LogP contribution in [-0.4, -0.2) is 24.1 Å². The Morgan fingerprint density at radius 2 is 2.30 bits per heavy atom. The van der Waals surface area contributed by atoms with Crippen LogP contribution in [0.2, 0.25) is 0 Å². The Hall–Kier alpha value is -0.180. The molecule has 0 aromatic rings. The van der Waals surface area contributed by atoms with E-state index in [1.165, 1.54) is 7.11 Å². The predicted molar refractivity (Wildman–Crippen MR) is 44.2 cm³/mol. The molecule has 60 valence electrons. The maximum absolute atomic E-state index is 10.7. The van der Waals surface area contributed by atoms with E-state index in [0.717, 1.165) is 5.75 Å². The number of ether oxygens (including phenoxy) is 1. The summed E-state index contributed by atoms with van der Waals surface area (Å²) in [6, 6.07) is 0. The third kappa shape index (κ3) is 4.68. The van der Waals surface area contributed by atoms with E-state index in [4.69, 9.17) is 0 Å². The van der Waals surface area contributed by atoms with Crippen LogP contribution in [-0.2, 0) is 9.53 Å². The number of hydrogen-bond acceptors (Lipinski definition) is 3. The highest BCUT2D eigenvalue weighted by molar-refractivity contribution is 7.99. The molecule has 0 amide bonds. The summed E-state index contributed by atoms with van der Waals surface area (Å²) in [4.78, 5) is 10.7. The van der Waals surface area contributed by atoms with Crippen molar-refractivity contribution in [3.05, 3.63) is 0 Å². The minimum absolute atomic E-state index is 0.117. The number of methoxy groups -OCH3 is 1. The molecule has 1 unspecified atom stereocenters. The first kappa shape index (κ1) is 9.82. The minimum Gasteiger partial charge on any atom is -0.469 e. The molecule has 2 nitrogen and oxygen atoms in total. The van der Waals surface area contributed by atoms with Gasteiger partial charge in [0.25, 0.3) is 0 Å². The van der Waals surface area contributed by atoms with Crippen molar-refractivity contribution >= 4 is 17.7 Å². The van der Waals surface area contributed by atoms with Gasteiger partial charge in [-0.2, -0.15) is 11.8 Å². The highest BCUT2D eigenvalue weighted by atomic mass is 32.2. The van der Waals surface area contributed by atoms with Crippen molar-refractivity contribution in [1.82, 2.24) is 0 Å². The number of esters is 1. The third-order valence-electron chi connectivity index (χ3n) is 1.13. The lowest BCUT2D eigenvalue weighted by atomic mass is 10.3. The Balaban J connectivity index is 3.37. The Morgan fingerprint density at radius 1 is 1.70 bits per heavy atom. The Bertz CT molecular complexity index is 104. The summed E-state index contributed by atoms with van der Waals surface area (Å²) in [6.07, 6.45) is 0.523. The van der Waals surface area contributed by atoms with E-state index >= 15 is 0 Å². The van der Waals surface area contributed by atoms with Crippen LogP contribution in [0.3, 0.4) is 0 Å². The van der Waals surface area contributed by atoms with Crippen LogP contribution in [0.5, 0.6) is 0 Å². The van der Waals surface area contributed by atoms with E-state index < -0.39 is 0 Å².